The fourth-order valence-corrected chi connectivity index (χ4v) is 3.43. The molecule has 27 heavy (non-hydrogen) atoms. The first-order valence-electron chi connectivity index (χ1n) is 9.27. The summed E-state index contributed by atoms with van der Waals surface area (Å²) in [4.78, 5) is 17.9. The van der Waals surface area contributed by atoms with Crippen molar-refractivity contribution in [3.05, 3.63) is 59.9 Å². The number of amides is 1. The Labute approximate surface area is 159 Å². The van der Waals surface area contributed by atoms with E-state index in [0.717, 1.165) is 43.2 Å². The van der Waals surface area contributed by atoms with Crippen LogP contribution in [0.2, 0.25) is 0 Å². The Bertz CT molecular complexity index is 758. The highest BCUT2D eigenvalue weighted by atomic mass is 19.1. The standard InChI is InChI=1S/C21H26FN3O2/c1-23(15-17-7-9-18(22)10-8-17)21(26)16-24-11-13-25(14-12-24)19-5-3-4-6-20(19)27-2/h3-10H,11-16H2,1-2H3/p+1. The molecule has 0 aromatic heterocycles. The molecular formula is C21H27FN3O2+. The van der Waals surface area contributed by atoms with Crippen molar-refractivity contribution in [3.8, 4) is 5.75 Å². The van der Waals surface area contributed by atoms with E-state index in [4.69, 9.17) is 4.74 Å². The van der Waals surface area contributed by atoms with Crippen molar-refractivity contribution in [2.45, 2.75) is 6.54 Å². The second kappa shape index (κ2) is 8.86. The highest BCUT2D eigenvalue weighted by Gasteiger charge is 2.25. The first-order valence-corrected chi connectivity index (χ1v) is 9.27. The van der Waals surface area contributed by atoms with Crippen LogP contribution in [0.4, 0.5) is 10.1 Å². The van der Waals surface area contributed by atoms with E-state index in [1.807, 2.05) is 18.2 Å². The normalized spacial score (nSPS) is 14.9. The van der Waals surface area contributed by atoms with E-state index in [1.165, 1.54) is 17.0 Å². The number of nitrogens with zero attached hydrogens (tertiary/aromatic N) is 2. The quantitative estimate of drug-likeness (QED) is 0.828. The number of nitrogens with one attached hydrogen (secondary N) is 1. The fourth-order valence-electron chi connectivity index (χ4n) is 3.43. The van der Waals surface area contributed by atoms with Crippen LogP contribution >= 0.6 is 0 Å². The van der Waals surface area contributed by atoms with Crippen molar-refractivity contribution in [3.63, 3.8) is 0 Å². The molecule has 1 aliphatic rings. The molecular weight excluding hydrogens is 345 g/mol. The largest absolute Gasteiger partial charge is 0.495 e. The van der Waals surface area contributed by atoms with Crippen LogP contribution in [0.25, 0.3) is 0 Å². The third-order valence-corrected chi connectivity index (χ3v) is 5.06. The molecule has 0 radical (unpaired) electrons. The van der Waals surface area contributed by atoms with Crippen LogP contribution in [-0.4, -0.2) is 57.7 Å². The summed E-state index contributed by atoms with van der Waals surface area (Å²) in [5, 5.41) is 0. The van der Waals surface area contributed by atoms with Gasteiger partial charge in [0, 0.05) is 13.6 Å². The van der Waals surface area contributed by atoms with Gasteiger partial charge >= 0.3 is 0 Å². The van der Waals surface area contributed by atoms with Crippen LogP contribution in [0, 0.1) is 5.82 Å². The first kappa shape index (κ1) is 19.2. The van der Waals surface area contributed by atoms with Gasteiger partial charge < -0.3 is 19.4 Å². The molecule has 0 atom stereocenters. The van der Waals surface area contributed by atoms with Gasteiger partial charge in [0.2, 0.25) is 0 Å². The number of quaternary nitrogens is 1. The lowest BCUT2D eigenvalue weighted by Crippen LogP contribution is -3.15. The molecule has 0 aliphatic carbocycles. The van der Waals surface area contributed by atoms with Gasteiger partial charge in [0.05, 0.1) is 39.0 Å². The van der Waals surface area contributed by atoms with Gasteiger partial charge in [-0.25, -0.2) is 4.39 Å². The Morgan fingerprint density at radius 2 is 1.81 bits per heavy atom. The van der Waals surface area contributed by atoms with Crippen LogP contribution in [0.15, 0.2) is 48.5 Å². The van der Waals surface area contributed by atoms with Crippen molar-refractivity contribution in [2.24, 2.45) is 0 Å². The summed E-state index contributed by atoms with van der Waals surface area (Å²) in [7, 11) is 3.49. The number of halogens is 1. The lowest BCUT2D eigenvalue weighted by atomic mass is 10.2. The molecule has 0 saturated carbocycles. The monoisotopic (exact) mass is 372 g/mol. The molecule has 5 nitrogen and oxygen atoms in total. The fraction of sp³-hybridized carbons (Fsp3) is 0.381. The topological polar surface area (TPSA) is 37.2 Å². The van der Waals surface area contributed by atoms with E-state index in [1.54, 1.807) is 31.2 Å². The smallest absolute Gasteiger partial charge is 0.277 e. The third-order valence-electron chi connectivity index (χ3n) is 5.06. The van der Waals surface area contributed by atoms with Crippen molar-refractivity contribution < 1.29 is 18.8 Å². The van der Waals surface area contributed by atoms with Crippen molar-refractivity contribution in [1.29, 1.82) is 0 Å². The predicted molar refractivity (Wildman–Crippen MR) is 104 cm³/mol. The Kier molecular flexibility index (Phi) is 6.29. The van der Waals surface area contributed by atoms with Crippen molar-refractivity contribution >= 4 is 11.6 Å². The summed E-state index contributed by atoms with van der Waals surface area (Å²) in [6, 6.07) is 14.3. The summed E-state index contributed by atoms with van der Waals surface area (Å²) >= 11 is 0. The Morgan fingerprint density at radius 1 is 1.15 bits per heavy atom. The van der Waals surface area contributed by atoms with Gasteiger partial charge in [0.1, 0.15) is 11.6 Å². The van der Waals surface area contributed by atoms with Gasteiger partial charge in [-0.3, -0.25) is 4.79 Å². The number of hydrogen-bond donors (Lipinski definition) is 1. The minimum absolute atomic E-state index is 0.111. The van der Waals surface area contributed by atoms with Crippen molar-refractivity contribution in [2.75, 3.05) is 51.8 Å². The highest BCUT2D eigenvalue weighted by Crippen LogP contribution is 2.27. The number of carbonyl (C=O) groups excluding carboxylic acids is 1. The number of hydrogen-bond acceptors (Lipinski definition) is 3. The highest BCUT2D eigenvalue weighted by molar-refractivity contribution is 5.76. The van der Waals surface area contributed by atoms with E-state index < -0.39 is 0 Å². The van der Waals surface area contributed by atoms with Gasteiger partial charge in [-0.15, -0.1) is 0 Å². The SMILES string of the molecule is COc1ccccc1N1CC[NH+](CC(=O)N(C)Cc2ccc(F)cc2)CC1. The first-order chi connectivity index (χ1) is 13.1. The van der Waals surface area contributed by atoms with Crippen LogP contribution < -0.4 is 14.5 Å². The molecule has 1 fully saturated rings. The van der Waals surface area contributed by atoms with Gasteiger partial charge in [0.25, 0.3) is 5.91 Å². The van der Waals surface area contributed by atoms with Crippen LogP contribution in [0.5, 0.6) is 5.75 Å². The molecule has 1 N–H and O–H groups in total. The second-order valence-electron chi connectivity index (χ2n) is 6.96. The van der Waals surface area contributed by atoms with Crippen LogP contribution in [0.3, 0.4) is 0 Å². The minimum atomic E-state index is -0.259. The zero-order valence-electron chi connectivity index (χ0n) is 16.0. The number of rotatable bonds is 6. The average molecular weight is 372 g/mol. The van der Waals surface area contributed by atoms with E-state index in [0.29, 0.717) is 13.1 Å². The van der Waals surface area contributed by atoms with Gasteiger partial charge in [-0.2, -0.15) is 0 Å². The molecule has 144 valence electrons. The number of methoxy groups -OCH3 is 1. The Hall–Kier alpha value is -2.60. The van der Waals surface area contributed by atoms with Crippen LogP contribution in [-0.2, 0) is 11.3 Å². The van der Waals surface area contributed by atoms with E-state index >= 15 is 0 Å². The van der Waals surface area contributed by atoms with E-state index in [-0.39, 0.29) is 11.7 Å². The molecule has 3 rings (SSSR count). The Balaban J connectivity index is 1.49. The molecule has 2 aromatic carbocycles. The predicted octanol–water partition coefficient (Wildman–Crippen LogP) is 1.20. The minimum Gasteiger partial charge on any atom is -0.495 e. The summed E-state index contributed by atoms with van der Waals surface area (Å²) in [6.45, 7) is 4.59. The lowest BCUT2D eigenvalue weighted by molar-refractivity contribution is -0.892. The zero-order chi connectivity index (χ0) is 19.2. The molecule has 1 amide bonds. The van der Waals surface area contributed by atoms with E-state index in [2.05, 4.69) is 11.0 Å². The maximum absolute atomic E-state index is 13.0. The second-order valence-corrected chi connectivity index (χ2v) is 6.96. The van der Waals surface area contributed by atoms with Gasteiger partial charge in [-0.05, 0) is 29.8 Å². The third kappa shape index (κ3) is 4.98. The van der Waals surface area contributed by atoms with E-state index in [9.17, 15) is 9.18 Å². The number of anilines is 1. The number of likely N-dealkylation sites (N-methyl/N-ethyl adjacent to an activating group) is 1. The number of benzene rings is 2. The summed E-state index contributed by atoms with van der Waals surface area (Å²) in [5.41, 5.74) is 2.04. The number of para-hydroxylation sites is 2. The summed E-state index contributed by atoms with van der Waals surface area (Å²) < 4.78 is 18.5. The molecule has 0 unspecified atom stereocenters. The molecule has 1 saturated heterocycles. The Morgan fingerprint density at radius 3 is 2.48 bits per heavy atom. The lowest BCUT2D eigenvalue weighted by Gasteiger charge is -2.34. The molecule has 6 heteroatoms. The average Bonchev–Trinajstić information content (AvgIpc) is 2.70. The molecule has 0 bridgehead atoms. The van der Waals surface area contributed by atoms with Gasteiger partial charge in [-0.1, -0.05) is 24.3 Å². The molecule has 2 aromatic rings. The molecule has 0 spiro atoms. The summed E-state index contributed by atoms with van der Waals surface area (Å²) in [5.74, 6) is 0.737. The molecule has 1 aliphatic heterocycles. The van der Waals surface area contributed by atoms with Crippen molar-refractivity contribution in [1.82, 2.24) is 4.90 Å². The zero-order valence-corrected chi connectivity index (χ0v) is 16.0. The number of carbonyl (C=O) groups is 1. The van der Waals surface area contributed by atoms with Crippen LogP contribution in [0.1, 0.15) is 5.56 Å². The molecule has 1 heterocycles. The van der Waals surface area contributed by atoms with Gasteiger partial charge in [0.15, 0.2) is 6.54 Å². The number of piperazine rings is 1. The maximum Gasteiger partial charge on any atom is 0.277 e. The maximum atomic E-state index is 13.0. The summed E-state index contributed by atoms with van der Waals surface area (Å²) in [6.07, 6.45) is 0. The number of ether oxygens (including phenoxy) is 1.